The van der Waals surface area contributed by atoms with E-state index in [1.807, 2.05) is 38.1 Å². The van der Waals surface area contributed by atoms with E-state index in [2.05, 4.69) is 5.32 Å². The summed E-state index contributed by atoms with van der Waals surface area (Å²) in [5, 5.41) is 3.25. The van der Waals surface area contributed by atoms with Gasteiger partial charge in [0.25, 0.3) is 5.91 Å². The van der Waals surface area contributed by atoms with Crippen molar-refractivity contribution >= 4 is 40.8 Å². The van der Waals surface area contributed by atoms with E-state index in [1.165, 1.54) is 0 Å². The molecule has 1 aliphatic rings. The Bertz CT molecular complexity index is 911. The van der Waals surface area contributed by atoms with Gasteiger partial charge in [0.1, 0.15) is 0 Å². The number of rotatable bonds is 5. The smallest absolute Gasteiger partial charge is 0.311 e. The molecule has 1 aliphatic heterocycles. The molecular formula is C21H21ClN2O4. The van der Waals surface area contributed by atoms with Gasteiger partial charge in [-0.15, -0.1) is 0 Å². The molecule has 2 aromatic rings. The maximum atomic E-state index is 12.3. The van der Waals surface area contributed by atoms with Crippen LogP contribution < -0.4 is 10.2 Å². The molecule has 2 amide bonds. The maximum Gasteiger partial charge on any atom is 0.311 e. The molecule has 1 N–H and O–H groups in total. The van der Waals surface area contributed by atoms with Crippen molar-refractivity contribution in [1.82, 2.24) is 0 Å². The number of hydrogen-bond donors (Lipinski definition) is 1. The minimum absolute atomic E-state index is 0.0740. The highest BCUT2D eigenvalue weighted by atomic mass is 35.5. The van der Waals surface area contributed by atoms with Crippen LogP contribution in [-0.2, 0) is 19.1 Å². The number of benzene rings is 2. The Balaban J connectivity index is 1.53. The number of aryl methyl sites for hydroxylation is 2. The van der Waals surface area contributed by atoms with Gasteiger partial charge < -0.3 is 15.0 Å². The van der Waals surface area contributed by atoms with E-state index in [4.69, 9.17) is 16.3 Å². The van der Waals surface area contributed by atoms with Crippen molar-refractivity contribution in [3.63, 3.8) is 0 Å². The number of carbonyl (C=O) groups is 3. The van der Waals surface area contributed by atoms with Gasteiger partial charge in [0.2, 0.25) is 5.91 Å². The average Bonchev–Trinajstić information content (AvgIpc) is 3.04. The van der Waals surface area contributed by atoms with Crippen molar-refractivity contribution in [1.29, 1.82) is 0 Å². The second-order valence-electron chi connectivity index (χ2n) is 6.86. The van der Waals surface area contributed by atoms with Crippen molar-refractivity contribution in [3.8, 4) is 0 Å². The van der Waals surface area contributed by atoms with Crippen LogP contribution in [0, 0.1) is 19.8 Å². The Hall–Kier alpha value is -2.86. The molecule has 0 radical (unpaired) electrons. The molecule has 146 valence electrons. The van der Waals surface area contributed by atoms with Gasteiger partial charge in [-0.3, -0.25) is 14.4 Å². The van der Waals surface area contributed by atoms with E-state index in [0.717, 1.165) is 16.8 Å². The summed E-state index contributed by atoms with van der Waals surface area (Å²) in [6.07, 6.45) is 0.0740. The SMILES string of the molecule is Cc1ccc(N2C[C@H](C(=O)OCC(=O)Nc3ccc(Cl)cc3C)CC2=O)cc1. The lowest BCUT2D eigenvalue weighted by atomic mass is 10.1. The van der Waals surface area contributed by atoms with Gasteiger partial charge in [-0.05, 0) is 49.7 Å². The minimum Gasteiger partial charge on any atom is -0.455 e. The van der Waals surface area contributed by atoms with Gasteiger partial charge in [-0.1, -0.05) is 29.3 Å². The molecule has 3 rings (SSSR count). The van der Waals surface area contributed by atoms with E-state index < -0.39 is 24.4 Å². The average molecular weight is 401 g/mol. The molecule has 1 saturated heterocycles. The zero-order valence-electron chi connectivity index (χ0n) is 15.7. The fraction of sp³-hybridized carbons (Fsp3) is 0.286. The number of esters is 1. The van der Waals surface area contributed by atoms with E-state index in [0.29, 0.717) is 10.7 Å². The molecule has 0 unspecified atom stereocenters. The Morgan fingerprint density at radius 2 is 1.89 bits per heavy atom. The summed E-state index contributed by atoms with van der Waals surface area (Å²) in [5.74, 6) is -1.71. The predicted molar refractivity (Wildman–Crippen MR) is 107 cm³/mol. The van der Waals surface area contributed by atoms with E-state index >= 15 is 0 Å². The number of amides is 2. The molecule has 0 aliphatic carbocycles. The summed E-state index contributed by atoms with van der Waals surface area (Å²) in [6, 6.07) is 12.6. The first-order chi connectivity index (χ1) is 13.3. The number of nitrogens with one attached hydrogen (secondary N) is 1. The third-order valence-corrected chi connectivity index (χ3v) is 4.85. The predicted octanol–water partition coefficient (Wildman–Crippen LogP) is 3.49. The molecule has 2 aromatic carbocycles. The number of nitrogens with zero attached hydrogens (tertiary/aromatic N) is 1. The van der Waals surface area contributed by atoms with Crippen LogP contribution in [0.15, 0.2) is 42.5 Å². The van der Waals surface area contributed by atoms with Crippen LogP contribution in [0.3, 0.4) is 0 Å². The lowest BCUT2D eigenvalue weighted by Crippen LogP contribution is -2.28. The van der Waals surface area contributed by atoms with Crippen LogP contribution in [0.4, 0.5) is 11.4 Å². The number of ether oxygens (including phenoxy) is 1. The summed E-state index contributed by atoms with van der Waals surface area (Å²) in [7, 11) is 0. The monoisotopic (exact) mass is 400 g/mol. The first-order valence-corrected chi connectivity index (χ1v) is 9.31. The molecule has 0 bridgehead atoms. The Labute approximate surface area is 168 Å². The molecule has 1 fully saturated rings. The van der Waals surface area contributed by atoms with E-state index in [1.54, 1.807) is 23.1 Å². The van der Waals surface area contributed by atoms with Gasteiger partial charge in [0.05, 0.1) is 5.92 Å². The van der Waals surface area contributed by atoms with Gasteiger partial charge in [-0.25, -0.2) is 0 Å². The lowest BCUT2D eigenvalue weighted by Gasteiger charge is -2.16. The normalized spacial score (nSPS) is 16.2. The molecule has 1 heterocycles. The molecular weight excluding hydrogens is 380 g/mol. The van der Waals surface area contributed by atoms with Crippen molar-refractivity contribution in [2.75, 3.05) is 23.4 Å². The van der Waals surface area contributed by atoms with Crippen molar-refractivity contribution in [2.45, 2.75) is 20.3 Å². The summed E-state index contributed by atoms with van der Waals surface area (Å²) < 4.78 is 5.12. The minimum atomic E-state index is -0.584. The molecule has 0 saturated carbocycles. The fourth-order valence-electron chi connectivity index (χ4n) is 3.05. The lowest BCUT2D eigenvalue weighted by molar-refractivity contribution is -0.151. The number of carbonyl (C=O) groups excluding carboxylic acids is 3. The molecule has 0 spiro atoms. The summed E-state index contributed by atoms with van der Waals surface area (Å²) in [4.78, 5) is 38.2. The van der Waals surface area contributed by atoms with Crippen LogP contribution >= 0.6 is 11.6 Å². The number of anilines is 2. The van der Waals surface area contributed by atoms with Crippen LogP contribution in [0.1, 0.15) is 17.5 Å². The van der Waals surface area contributed by atoms with Crippen molar-refractivity contribution < 1.29 is 19.1 Å². The Kier molecular flexibility index (Phi) is 5.99. The van der Waals surface area contributed by atoms with Crippen molar-refractivity contribution in [3.05, 3.63) is 58.6 Å². The number of halogens is 1. The second kappa shape index (κ2) is 8.44. The van der Waals surface area contributed by atoms with Crippen LogP contribution in [0.5, 0.6) is 0 Å². The summed E-state index contributed by atoms with van der Waals surface area (Å²) in [5.41, 5.74) is 3.25. The van der Waals surface area contributed by atoms with Crippen molar-refractivity contribution in [2.24, 2.45) is 5.92 Å². The molecule has 6 nitrogen and oxygen atoms in total. The van der Waals surface area contributed by atoms with Gasteiger partial charge in [0, 0.05) is 29.4 Å². The Morgan fingerprint density at radius 3 is 2.57 bits per heavy atom. The van der Waals surface area contributed by atoms with Gasteiger partial charge in [0.15, 0.2) is 6.61 Å². The third kappa shape index (κ3) is 4.70. The zero-order chi connectivity index (χ0) is 20.3. The standard InChI is InChI=1S/C21H21ClN2O4/c1-13-3-6-17(7-4-13)24-11-15(10-20(24)26)21(27)28-12-19(25)23-18-8-5-16(22)9-14(18)2/h3-9,15H,10-12H2,1-2H3,(H,23,25)/t15-/m1/s1. The van der Waals surface area contributed by atoms with E-state index in [-0.39, 0.29) is 18.9 Å². The first kappa shape index (κ1) is 19.9. The molecule has 28 heavy (non-hydrogen) atoms. The summed E-state index contributed by atoms with van der Waals surface area (Å²) >= 11 is 5.89. The quantitative estimate of drug-likeness (QED) is 0.779. The van der Waals surface area contributed by atoms with Crippen LogP contribution in [-0.4, -0.2) is 30.9 Å². The molecule has 0 aromatic heterocycles. The van der Waals surface area contributed by atoms with Gasteiger partial charge in [-0.2, -0.15) is 0 Å². The van der Waals surface area contributed by atoms with Gasteiger partial charge >= 0.3 is 5.97 Å². The number of hydrogen-bond acceptors (Lipinski definition) is 4. The fourth-order valence-corrected chi connectivity index (χ4v) is 3.27. The topological polar surface area (TPSA) is 75.7 Å². The third-order valence-electron chi connectivity index (χ3n) is 4.61. The highest BCUT2D eigenvalue weighted by Gasteiger charge is 2.36. The highest BCUT2D eigenvalue weighted by Crippen LogP contribution is 2.26. The first-order valence-electron chi connectivity index (χ1n) is 8.93. The van der Waals surface area contributed by atoms with E-state index in [9.17, 15) is 14.4 Å². The molecule has 7 heteroatoms. The molecule has 1 atom stereocenters. The van der Waals surface area contributed by atoms with Crippen LogP contribution in [0.25, 0.3) is 0 Å². The van der Waals surface area contributed by atoms with Crippen LogP contribution in [0.2, 0.25) is 5.02 Å². The largest absolute Gasteiger partial charge is 0.455 e. The Morgan fingerprint density at radius 1 is 1.18 bits per heavy atom. The maximum absolute atomic E-state index is 12.3. The second-order valence-corrected chi connectivity index (χ2v) is 7.29. The zero-order valence-corrected chi connectivity index (χ0v) is 16.5. The summed E-state index contributed by atoms with van der Waals surface area (Å²) in [6.45, 7) is 3.62. The highest BCUT2D eigenvalue weighted by molar-refractivity contribution is 6.30.